The molecule has 3 aliphatic heterocycles. The molecule has 3 fully saturated rings. The highest BCUT2D eigenvalue weighted by atomic mass is 31.2. The smallest absolute Gasteiger partial charge is 0.481 e. The highest BCUT2D eigenvalue weighted by Gasteiger charge is 2.58. The quantitative estimate of drug-likeness (QED) is 0.00478. The second-order valence-corrected chi connectivity index (χ2v) is 30.3. The maximum atomic E-state index is 16.9. The summed E-state index contributed by atoms with van der Waals surface area (Å²) in [5, 5.41) is 31.4. The molecule has 30 nitrogen and oxygen atoms in total. The van der Waals surface area contributed by atoms with Crippen molar-refractivity contribution in [3.63, 3.8) is 0 Å². The molecule has 9 N–H and O–H groups in total. The maximum Gasteiger partial charge on any atom is 0.524 e. The number of alkyl carbamates (subject to hydrolysis) is 2. The van der Waals surface area contributed by atoms with Gasteiger partial charge in [0.2, 0.25) is 17.8 Å². The third kappa shape index (κ3) is 22.8. The number of aryl methyl sites for hydroxylation is 1. The number of aliphatic carboxylic acids is 2. The zero-order chi connectivity index (χ0) is 83.6. The van der Waals surface area contributed by atoms with Gasteiger partial charge in [0.05, 0.1) is 81.0 Å². The molecule has 3 aliphatic rings. The number of nitrogens with one attached hydrogen (secondary N) is 5. The van der Waals surface area contributed by atoms with Gasteiger partial charge < -0.3 is 59.9 Å². The molecule has 616 valence electrons. The molecule has 3 saturated heterocycles. The second-order valence-electron chi connectivity index (χ2n) is 29.2. The summed E-state index contributed by atoms with van der Waals surface area (Å²) in [6, 6.07) is 1.59. The zero-order valence-electron chi connectivity index (χ0n) is 62.4. The molecule has 3 unspecified atom stereocenters. The van der Waals surface area contributed by atoms with Gasteiger partial charge in [0, 0.05) is 84.4 Å². The summed E-state index contributed by atoms with van der Waals surface area (Å²) >= 11 is 0. The Labute approximate surface area is 640 Å². The molecule has 0 aliphatic carbocycles. The third-order valence-corrected chi connectivity index (χ3v) is 20.0. The monoisotopic (exact) mass is 1630 g/mol. The van der Waals surface area contributed by atoms with E-state index < -0.39 is 200 Å². The Hall–Kier alpha value is -10.2. The molecule has 7 atom stereocenters. The van der Waals surface area contributed by atoms with Gasteiger partial charge in [-0.25, -0.2) is 47.4 Å². The number of nitrogens with zero attached hydrogens (tertiary/aromatic N) is 7. The van der Waals surface area contributed by atoms with Crippen LogP contribution in [0.4, 0.5) is 59.4 Å². The van der Waals surface area contributed by atoms with Crippen LogP contribution in [0.25, 0.3) is 11.3 Å². The van der Waals surface area contributed by atoms with Gasteiger partial charge in [-0.2, -0.15) is 40.2 Å². The molecular formula is C72H85F10N12O18P. The number of carbonyl (C=O) groups is 8. The van der Waals surface area contributed by atoms with Gasteiger partial charge in [-0.3, -0.25) is 44.1 Å². The van der Waals surface area contributed by atoms with E-state index in [1.165, 1.54) is 63.5 Å². The molecule has 41 heteroatoms. The summed E-state index contributed by atoms with van der Waals surface area (Å²) in [5.74, 6) is -6.63. The number of benzene rings is 3. The van der Waals surface area contributed by atoms with E-state index in [1.807, 2.05) is 10.7 Å². The van der Waals surface area contributed by atoms with Crippen LogP contribution in [0.5, 0.6) is 5.75 Å². The summed E-state index contributed by atoms with van der Waals surface area (Å²) < 4.78 is 191. The first kappa shape index (κ1) is 88.4. The number of phosphoric ester groups is 1. The van der Waals surface area contributed by atoms with Crippen molar-refractivity contribution in [2.24, 2.45) is 10.8 Å². The lowest BCUT2D eigenvalue weighted by Gasteiger charge is -2.47. The van der Waals surface area contributed by atoms with E-state index in [-0.39, 0.29) is 38.9 Å². The van der Waals surface area contributed by atoms with Crippen LogP contribution in [-0.4, -0.2) is 205 Å². The lowest BCUT2D eigenvalue weighted by Crippen LogP contribution is -2.64. The number of carboxylic acid groups (broad SMARTS) is 2. The molecule has 0 radical (unpaired) electrons. The SMILES string of the molecule is COC(=O)N[C@H](C(=O)N[C@@H](Cc1ccc(C#Cc2cnc(N3CC4CCC(C3)N4C3COC3)nc2)cc1)[C@H](CN(Cc1c(F)cc(-c2ccn(C(F)F)n2)cc1F)NC(=O)[C@@H](NC(=O)OC)C(C)(C)C(F)(F)F)OC(=O)CC(C)(C)c1c(CC(=O)NC(CCCC(=O)O)C(=O)O)cc(C)cc1OP(=O)(O)O)C(C)(C)C(F)(F)F. The van der Waals surface area contributed by atoms with E-state index in [0.717, 1.165) is 38.3 Å². The van der Waals surface area contributed by atoms with Crippen LogP contribution in [0.1, 0.15) is 126 Å². The fourth-order valence-corrected chi connectivity index (χ4v) is 13.8. The number of amides is 5. The summed E-state index contributed by atoms with van der Waals surface area (Å²) in [6.07, 6.45) is -14.5. The van der Waals surface area contributed by atoms with Crippen LogP contribution in [-0.2, 0) is 77.1 Å². The average Bonchev–Trinajstić information content (AvgIpc) is 1.73. The van der Waals surface area contributed by atoms with Crippen LogP contribution in [0.15, 0.2) is 73.2 Å². The number of carboxylic acids is 2. The number of ether oxygens (including phenoxy) is 4. The van der Waals surface area contributed by atoms with Gasteiger partial charge in [-0.1, -0.05) is 43.9 Å². The third-order valence-electron chi connectivity index (χ3n) is 19.6. The lowest BCUT2D eigenvalue weighted by molar-refractivity contribution is -0.221. The summed E-state index contributed by atoms with van der Waals surface area (Å²) in [7, 11) is -4.20. The normalized spacial score (nSPS) is 17.0. The van der Waals surface area contributed by atoms with Gasteiger partial charge in [-0.15, -0.1) is 0 Å². The van der Waals surface area contributed by atoms with Crippen LogP contribution in [0, 0.1) is 41.2 Å². The van der Waals surface area contributed by atoms with Gasteiger partial charge in [0.15, 0.2) is 0 Å². The van der Waals surface area contributed by atoms with Gasteiger partial charge in [0.25, 0.3) is 5.91 Å². The number of esters is 1. The molecule has 0 saturated carbocycles. The number of piperazine rings is 1. The van der Waals surface area contributed by atoms with E-state index in [9.17, 15) is 62.1 Å². The predicted octanol–water partition coefficient (Wildman–Crippen LogP) is 8.08. The topological polar surface area (TPSA) is 394 Å². The number of fused-ring (bicyclic) bond motifs is 2. The molecule has 3 aromatic carbocycles. The average molecular weight is 1630 g/mol. The minimum absolute atomic E-state index is 0.0574. The number of carbonyl (C=O) groups excluding carboxylic acids is 6. The van der Waals surface area contributed by atoms with Crippen molar-refractivity contribution in [1.29, 1.82) is 0 Å². The van der Waals surface area contributed by atoms with Crippen molar-refractivity contribution in [1.82, 2.24) is 56.4 Å². The van der Waals surface area contributed by atoms with Crippen molar-refractivity contribution >= 4 is 61.6 Å². The van der Waals surface area contributed by atoms with Crippen molar-refractivity contribution in [2.75, 3.05) is 52.0 Å². The zero-order valence-corrected chi connectivity index (χ0v) is 63.3. The van der Waals surface area contributed by atoms with Crippen LogP contribution in [0.3, 0.4) is 0 Å². The number of anilines is 1. The minimum Gasteiger partial charge on any atom is -0.481 e. The number of halogens is 10. The maximum absolute atomic E-state index is 16.9. The number of methoxy groups -OCH3 is 2. The van der Waals surface area contributed by atoms with Crippen LogP contribution in [0.2, 0.25) is 0 Å². The lowest BCUT2D eigenvalue weighted by atomic mass is 9.77. The molecular weight excluding hydrogens is 1540 g/mol. The van der Waals surface area contributed by atoms with Crippen LogP contribution < -0.4 is 36.1 Å². The first-order chi connectivity index (χ1) is 52.7. The molecule has 113 heavy (non-hydrogen) atoms. The molecule has 2 aromatic heterocycles. The molecule has 5 aromatic rings. The van der Waals surface area contributed by atoms with E-state index >= 15 is 44.7 Å². The number of aromatic nitrogens is 4. The minimum atomic E-state index is -5.65. The number of alkyl halides is 8. The highest BCUT2D eigenvalue weighted by Crippen LogP contribution is 2.47. The van der Waals surface area contributed by atoms with E-state index in [2.05, 4.69) is 56.8 Å². The Morgan fingerprint density at radius 2 is 1.32 bits per heavy atom. The number of hydrazine groups is 1. The Morgan fingerprint density at radius 3 is 1.82 bits per heavy atom. The second kappa shape index (κ2) is 36.3. The summed E-state index contributed by atoms with van der Waals surface area (Å²) in [5.41, 5.74) is -8.39. The Balaban J connectivity index is 1.27. The predicted molar refractivity (Wildman–Crippen MR) is 377 cm³/mol. The Morgan fingerprint density at radius 1 is 0.752 bits per heavy atom. The molecule has 0 spiro atoms. The first-order valence-corrected chi connectivity index (χ1v) is 36.6. The van der Waals surface area contributed by atoms with E-state index in [0.29, 0.717) is 108 Å². The van der Waals surface area contributed by atoms with Crippen molar-refractivity contribution in [3.05, 3.63) is 124 Å². The van der Waals surface area contributed by atoms with Gasteiger partial charge in [0.1, 0.15) is 41.6 Å². The standard InChI is InChI=1S/C72H85F10N12O18P/c1-38-23-43(28-55(95)85-51(63(101)102)11-10-12-56(96)97)58(53(24-38)112-113(105,106)107)68(2,3)29-57(98)111-54(35-92(90-62(100)60(88-67(104)109-9)70(6,7)72(80,81)82)34-47-48(73)26-42(27-49(47)74)50-21-22-93(89-50)64(75)76)52(86-61(99)59(87-66(103)108-8)69(4,5)71(77,78)79)25-40-16-13-39(14-17-40)15-18-41-30-83-65(84-31-41)91-32-44-19-20-45(33-91)94(44)46-36-110-37-46/h13-14,16-17,21-24,26-27,30-31,44-46,51-52,54,59-60,64H,10-12,19-20,25,28-29,32-37H2,1-9H3,(H,85,95)(H,86,99)(H,87,103)(H,88,104)(H,90,100)(H,96,97)(H,101,102)(H2,105,106,107)/t44?,45?,51?,52-,54-,59+,60+/m0/s1. The fourth-order valence-electron chi connectivity index (χ4n) is 13.4. The van der Waals surface area contributed by atoms with E-state index in [4.69, 9.17) is 14.0 Å². The number of hydrogen-bond donors (Lipinski definition) is 9. The Kier molecular flexibility index (Phi) is 28.4. The number of hydrogen-bond acceptors (Lipinski definition) is 20. The number of rotatable bonds is 33. The molecule has 5 heterocycles. The molecule has 5 amide bonds. The molecule has 8 rings (SSSR count). The fraction of sp³-hybridized carbons (Fsp3) is 0.514. The van der Waals surface area contributed by atoms with Crippen molar-refractivity contribution in [2.45, 2.75) is 179 Å². The summed E-state index contributed by atoms with van der Waals surface area (Å²) in [4.78, 5) is 143. The highest BCUT2D eigenvalue weighted by molar-refractivity contribution is 7.46. The molecule has 2 bridgehead atoms. The number of phosphoric acid groups is 1. The van der Waals surface area contributed by atoms with Crippen molar-refractivity contribution in [3.8, 4) is 28.8 Å². The van der Waals surface area contributed by atoms with Crippen LogP contribution >= 0.6 is 7.82 Å². The summed E-state index contributed by atoms with van der Waals surface area (Å²) in [6.45, 7) is 2.40. The van der Waals surface area contributed by atoms with Crippen molar-refractivity contribution < 1.29 is 130 Å². The van der Waals surface area contributed by atoms with Gasteiger partial charge >= 0.3 is 56.8 Å². The van der Waals surface area contributed by atoms with E-state index in [1.54, 1.807) is 5.32 Å². The van der Waals surface area contributed by atoms with Gasteiger partial charge in [-0.05, 0) is 120 Å². The Bertz CT molecular complexity index is 4380. The first-order valence-electron chi connectivity index (χ1n) is 35.0. The largest absolute Gasteiger partial charge is 0.524 e.